The number of amides is 1. The minimum Gasteiger partial charge on any atom is -0.348 e. The van der Waals surface area contributed by atoms with Crippen LogP contribution in [-0.4, -0.2) is 33.7 Å². The highest BCUT2D eigenvalue weighted by Gasteiger charge is 2.14. The minimum absolute atomic E-state index is 0.0209. The summed E-state index contributed by atoms with van der Waals surface area (Å²) in [5, 5.41) is 9.28. The molecule has 0 aliphatic rings. The molecule has 0 radical (unpaired) electrons. The van der Waals surface area contributed by atoms with Gasteiger partial charge in [-0.25, -0.2) is 4.98 Å². The smallest absolute Gasteiger partial charge is 0.291 e. The molecule has 0 aromatic carbocycles. The molecule has 16 heavy (non-hydrogen) atoms. The van der Waals surface area contributed by atoms with Crippen LogP contribution in [0, 0.1) is 0 Å². The van der Waals surface area contributed by atoms with Crippen LogP contribution in [0.2, 0.25) is 0 Å². The van der Waals surface area contributed by atoms with E-state index in [0.29, 0.717) is 12.4 Å². The monoisotopic (exact) mass is 225 g/mol. The number of carbonyl (C=O) groups is 1. The van der Waals surface area contributed by atoms with Gasteiger partial charge in [0.1, 0.15) is 5.82 Å². The number of aromatic amines is 1. The summed E-state index contributed by atoms with van der Waals surface area (Å²) in [5.74, 6) is 0.830. The molecular weight excluding hydrogens is 206 g/mol. The van der Waals surface area contributed by atoms with E-state index in [9.17, 15) is 4.79 Å². The van der Waals surface area contributed by atoms with Gasteiger partial charge < -0.3 is 11.1 Å². The highest BCUT2D eigenvalue weighted by Crippen LogP contribution is 2.07. The Hall–Kier alpha value is -1.43. The van der Waals surface area contributed by atoms with E-state index >= 15 is 0 Å². The number of rotatable bonds is 5. The molecule has 0 saturated carbocycles. The normalized spacial score (nSPS) is 12.8. The lowest BCUT2D eigenvalue weighted by atomic mass is 10.2. The van der Waals surface area contributed by atoms with Crippen LogP contribution in [0.1, 0.15) is 49.6 Å². The van der Waals surface area contributed by atoms with Crippen molar-refractivity contribution in [1.29, 1.82) is 0 Å². The van der Waals surface area contributed by atoms with E-state index in [1.54, 1.807) is 0 Å². The number of aromatic nitrogens is 3. The lowest BCUT2D eigenvalue weighted by molar-refractivity contribution is 0.0941. The van der Waals surface area contributed by atoms with Crippen LogP contribution in [0.3, 0.4) is 0 Å². The number of carbonyl (C=O) groups excluding carboxylic acids is 1. The van der Waals surface area contributed by atoms with E-state index in [1.165, 1.54) is 0 Å². The fourth-order valence-corrected chi connectivity index (χ4v) is 1.08. The molecule has 1 aromatic heterocycles. The van der Waals surface area contributed by atoms with E-state index in [0.717, 1.165) is 6.42 Å². The second-order valence-electron chi connectivity index (χ2n) is 4.08. The number of nitrogens with zero attached hydrogens (tertiary/aromatic N) is 2. The number of hydrogen-bond donors (Lipinski definition) is 3. The van der Waals surface area contributed by atoms with Gasteiger partial charge in [-0.1, -0.05) is 20.8 Å². The first-order valence-corrected chi connectivity index (χ1v) is 5.50. The topological polar surface area (TPSA) is 96.7 Å². The summed E-state index contributed by atoms with van der Waals surface area (Å²) < 4.78 is 0. The first-order valence-electron chi connectivity index (χ1n) is 5.50. The standard InChI is InChI=1S/C10H19N5O/c1-4-7(11)5-12-10(16)9-13-8(6(2)3)14-15-9/h6-7H,4-5,11H2,1-3H3,(H,12,16)(H,13,14,15). The lowest BCUT2D eigenvalue weighted by Crippen LogP contribution is -2.37. The van der Waals surface area contributed by atoms with Crippen molar-refractivity contribution in [3.05, 3.63) is 11.6 Å². The fraction of sp³-hybridized carbons (Fsp3) is 0.700. The van der Waals surface area contributed by atoms with Crippen molar-refractivity contribution in [2.75, 3.05) is 6.54 Å². The van der Waals surface area contributed by atoms with Crippen LogP contribution in [-0.2, 0) is 0 Å². The van der Waals surface area contributed by atoms with Gasteiger partial charge in [-0.15, -0.1) is 5.10 Å². The minimum atomic E-state index is -0.285. The number of nitrogens with two attached hydrogens (primary N) is 1. The van der Waals surface area contributed by atoms with Crippen LogP contribution in [0.15, 0.2) is 0 Å². The highest BCUT2D eigenvalue weighted by atomic mass is 16.2. The maximum atomic E-state index is 11.6. The average molecular weight is 225 g/mol. The Morgan fingerprint density at radius 2 is 2.25 bits per heavy atom. The van der Waals surface area contributed by atoms with Crippen molar-refractivity contribution in [1.82, 2.24) is 20.5 Å². The van der Waals surface area contributed by atoms with Gasteiger partial charge in [0.15, 0.2) is 0 Å². The highest BCUT2D eigenvalue weighted by molar-refractivity contribution is 5.90. The SMILES string of the molecule is CCC(N)CNC(=O)c1n[nH]c(C(C)C)n1. The summed E-state index contributed by atoms with van der Waals surface area (Å²) in [6.07, 6.45) is 0.825. The van der Waals surface area contributed by atoms with E-state index in [4.69, 9.17) is 5.73 Å². The van der Waals surface area contributed by atoms with Gasteiger partial charge in [-0.3, -0.25) is 9.89 Å². The predicted molar refractivity (Wildman–Crippen MR) is 61.1 cm³/mol. The number of H-pyrrole nitrogens is 1. The molecule has 0 fully saturated rings. The maximum Gasteiger partial charge on any atom is 0.291 e. The summed E-state index contributed by atoms with van der Waals surface area (Å²) in [6, 6.07) is -0.0209. The number of hydrogen-bond acceptors (Lipinski definition) is 4. The molecule has 0 spiro atoms. The Bertz CT molecular complexity index is 347. The van der Waals surface area contributed by atoms with Gasteiger partial charge in [-0.2, -0.15) is 0 Å². The molecule has 0 aliphatic heterocycles. The van der Waals surface area contributed by atoms with Crippen LogP contribution >= 0.6 is 0 Å². The predicted octanol–water partition coefficient (Wildman–Crippen LogP) is 0.395. The van der Waals surface area contributed by atoms with Gasteiger partial charge in [0, 0.05) is 18.5 Å². The van der Waals surface area contributed by atoms with E-state index in [-0.39, 0.29) is 23.7 Å². The quantitative estimate of drug-likeness (QED) is 0.675. The Kier molecular flexibility index (Phi) is 4.42. The Morgan fingerprint density at radius 1 is 1.56 bits per heavy atom. The van der Waals surface area contributed by atoms with Gasteiger partial charge in [-0.05, 0) is 6.42 Å². The molecule has 0 bridgehead atoms. The summed E-state index contributed by atoms with van der Waals surface area (Å²) in [7, 11) is 0. The summed E-state index contributed by atoms with van der Waals surface area (Å²) in [6.45, 7) is 6.38. The average Bonchev–Trinajstić information content (AvgIpc) is 2.74. The second-order valence-corrected chi connectivity index (χ2v) is 4.08. The van der Waals surface area contributed by atoms with E-state index < -0.39 is 0 Å². The molecule has 0 saturated heterocycles. The Labute approximate surface area is 95.0 Å². The van der Waals surface area contributed by atoms with Gasteiger partial charge in [0.25, 0.3) is 5.91 Å². The van der Waals surface area contributed by atoms with Crippen LogP contribution < -0.4 is 11.1 Å². The lowest BCUT2D eigenvalue weighted by Gasteiger charge is -2.08. The zero-order chi connectivity index (χ0) is 12.1. The molecule has 90 valence electrons. The molecule has 1 heterocycles. The van der Waals surface area contributed by atoms with Gasteiger partial charge in [0.05, 0.1) is 0 Å². The van der Waals surface area contributed by atoms with Gasteiger partial charge >= 0.3 is 0 Å². The molecule has 1 atom stereocenters. The van der Waals surface area contributed by atoms with Crippen molar-refractivity contribution in [2.45, 2.75) is 39.2 Å². The summed E-state index contributed by atoms with van der Waals surface area (Å²) in [4.78, 5) is 15.7. The molecule has 1 rings (SSSR count). The molecule has 1 aromatic rings. The van der Waals surface area contributed by atoms with Crippen LogP contribution in [0.5, 0.6) is 0 Å². The zero-order valence-corrected chi connectivity index (χ0v) is 9.95. The zero-order valence-electron chi connectivity index (χ0n) is 9.95. The van der Waals surface area contributed by atoms with Gasteiger partial charge in [0.2, 0.25) is 5.82 Å². The Morgan fingerprint density at radius 3 is 2.75 bits per heavy atom. The van der Waals surface area contributed by atoms with Crippen LogP contribution in [0.25, 0.3) is 0 Å². The molecule has 1 amide bonds. The maximum absolute atomic E-state index is 11.6. The summed E-state index contributed by atoms with van der Waals surface area (Å²) >= 11 is 0. The van der Waals surface area contributed by atoms with Crippen molar-refractivity contribution in [2.24, 2.45) is 5.73 Å². The van der Waals surface area contributed by atoms with Crippen molar-refractivity contribution in [3.63, 3.8) is 0 Å². The largest absolute Gasteiger partial charge is 0.348 e. The first kappa shape index (κ1) is 12.6. The molecular formula is C10H19N5O. The first-order chi connectivity index (χ1) is 7.54. The van der Waals surface area contributed by atoms with Crippen molar-refractivity contribution in [3.8, 4) is 0 Å². The van der Waals surface area contributed by atoms with Crippen LogP contribution in [0.4, 0.5) is 0 Å². The van der Waals surface area contributed by atoms with Crippen molar-refractivity contribution < 1.29 is 4.79 Å². The second kappa shape index (κ2) is 5.60. The summed E-state index contributed by atoms with van der Waals surface area (Å²) in [5.41, 5.74) is 5.69. The molecule has 1 unspecified atom stereocenters. The van der Waals surface area contributed by atoms with Crippen molar-refractivity contribution >= 4 is 5.91 Å². The number of nitrogens with one attached hydrogen (secondary N) is 2. The third kappa shape index (κ3) is 3.30. The Balaban J connectivity index is 2.53. The molecule has 0 aliphatic carbocycles. The molecule has 6 heteroatoms. The third-order valence-electron chi connectivity index (χ3n) is 2.30. The molecule has 4 N–H and O–H groups in total. The molecule has 6 nitrogen and oxygen atoms in total. The van der Waals surface area contributed by atoms with E-state index in [2.05, 4.69) is 20.5 Å². The van der Waals surface area contributed by atoms with E-state index in [1.807, 2.05) is 20.8 Å². The fourth-order valence-electron chi connectivity index (χ4n) is 1.08. The third-order valence-corrected chi connectivity index (χ3v) is 2.30.